The Labute approximate surface area is 126 Å². The SMILES string of the molecule is Cc1c(C#N)c(N)n(-c2cc(Cl)c(Cl)cc2Cl)c1C. The standard InChI is InChI=1S/C13H10Cl3N3/c1-6-7(2)19(13(18)8(6)5-17)12-4-10(15)9(14)3-11(12)16/h3-4H,18H2,1-2H3. The molecule has 0 spiro atoms. The largest absolute Gasteiger partial charge is 0.384 e. The van der Waals surface area contributed by atoms with Crippen molar-refractivity contribution in [3.63, 3.8) is 0 Å². The molecule has 2 aromatic rings. The molecule has 2 rings (SSSR count). The number of aromatic nitrogens is 1. The summed E-state index contributed by atoms with van der Waals surface area (Å²) >= 11 is 18.1. The predicted octanol–water partition coefficient (Wildman–Crippen LogP) is 4.51. The van der Waals surface area contributed by atoms with Gasteiger partial charge in [0.25, 0.3) is 0 Å². The van der Waals surface area contributed by atoms with Gasteiger partial charge in [-0.05, 0) is 31.5 Å². The van der Waals surface area contributed by atoms with Crippen LogP contribution in [0.5, 0.6) is 0 Å². The van der Waals surface area contributed by atoms with E-state index >= 15 is 0 Å². The Morgan fingerprint density at radius 3 is 2.21 bits per heavy atom. The van der Waals surface area contributed by atoms with Crippen molar-refractivity contribution in [1.82, 2.24) is 4.57 Å². The van der Waals surface area contributed by atoms with Crippen molar-refractivity contribution < 1.29 is 0 Å². The molecule has 0 aliphatic heterocycles. The first kappa shape index (κ1) is 14.1. The summed E-state index contributed by atoms with van der Waals surface area (Å²) in [7, 11) is 0. The Kier molecular flexibility index (Phi) is 3.69. The van der Waals surface area contributed by atoms with Crippen LogP contribution in [0.2, 0.25) is 15.1 Å². The lowest BCUT2D eigenvalue weighted by Gasteiger charge is -2.12. The topological polar surface area (TPSA) is 54.7 Å². The highest BCUT2D eigenvalue weighted by molar-refractivity contribution is 6.43. The van der Waals surface area contributed by atoms with Gasteiger partial charge in [-0.25, -0.2) is 0 Å². The summed E-state index contributed by atoms with van der Waals surface area (Å²) in [5.41, 5.74) is 8.72. The van der Waals surface area contributed by atoms with Gasteiger partial charge < -0.3 is 5.73 Å². The monoisotopic (exact) mass is 313 g/mol. The van der Waals surface area contributed by atoms with Crippen molar-refractivity contribution in [3.8, 4) is 11.8 Å². The number of nitriles is 1. The van der Waals surface area contributed by atoms with Crippen LogP contribution < -0.4 is 5.73 Å². The molecule has 0 radical (unpaired) electrons. The van der Waals surface area contributed by atoms with E-state index in [0.29, 0.717) is 32.1 Å². The van der Waals surface area contributed by atoms with E-state index in [1.165, 1.54) is 0 Å². The van der Waals surface area contributed by atoms with Crippen LogP contribution in [0.3, 0.4) is 0 Å². The Morgan fingerprint density at radius 2 is 1.68 bits per heavy atom. The van der Waals surface area contributed by atoms with Gasteiger partial charge in [-0.3, -0.25) is 4.57 Å². The van der Waals surface area contributed by atoms with E-state index in [1.807, 2.05) is 13.8 Å². The van der Waals surface area contributed by atoms with Crippen LogP contribution in [-0.2, 0) is 0 Å². The molecule has 0 bridgehead atoms. The maximum absolute atomic E-state index is 9.13. The molecule has 0 aliphatic carbocycles. The third-order valence-corrected chi connectivity index (χ3v) is 4.12. The van der Waals surface area contributed by atoms with Gasteiger partial charge in [0, 0.05) is 5.69 Å². The van der Waals surface area contributed by atoms with Crippen LogP contribution in [0.4, 0.5) is 5.82 Å². The van der Waals surface area contributed by atoms with E-state index in [4.69, 9.17) is 45.8 Å². The first-order valence-corrected chi connectivity index (χ1v) is 6.54. The Balaban J connectivity index is 2.81. The number of hydrogen-bond donors (Lipinski definition) is 1. The van der Waals surface area contributed by atoms with Crippen LogP contribution in [0, 0.1) is 25.2 Å². The second-order valence-corrected chi connectivity index (χ2v) is 5.36. The first-order valence-electron chi connectivity index (χ1n) is 5.40. The van der Waals surface area contributed by atoms with Gasteiger partial charge in [-0.2, -0.15) is 5.26 Å². The highest BCUT2D eigenvalue weighted by atomic mass is 35.5. The van der Waals surface area contributed by atoms with Gasteiger partial charge in [0.15, 0.2) is 0 Å². The summed E-state index contributed by atoms with van der Waals surface area (Å²) in [6.45, 7) is 3.71. The van der Waals surface area contributed by atoms with Crippen molar-refractivity contribution in [2.24, 2.45) is 0 Å². The van der Waals surface area contributed by atoms with Crippen molar-refractivity contribution in [3.05, 3.63) is 44.0 Å². The van der Waals surface area contributed by atoms with Crippen LogP contribution >= 0.6 is 34.8 Å². The van der Waals surface area contributed by atoms with Crippen molar-refractivity contribution in [2.75, 3.05) is 5.73 Å². The molecule has 0 saturated carbocycles. The molecular formula is C13H10Cl3N3. The lowest BCUT2D eigenvalue weighted by atomic mass is 10.2. The Bertz CT molecular complexity index is 711. The van der Waals surface area contributed by atoms with Gasteiger partial charge in [0.05, 0.1) is 26.3 Å². The quantitative estimate of drug-likeness (QED) is 0.787. The van der Waals surface area contributed by atoms with Crippen LogP contribution in [0.25, 0.3) is 5.69 Å². The Hall–Kier alpha value is -1.34. The van der Waals surface area contributed by atoms with Gasteiger partial charge in [0.2, 0.25) is 0 Å². The molecule has 3 nitrogen and oxygen atoms in total. The third kappa shape index (κ3) is 2.17. The molecule has 1 heterocycles. The molecule has 1 aromatic carbocycles. The fraction of sp³-hybridized carbons (Fsp3) is 0.154. The van der Waals surface area contributed by atoms with E-state index in [2.05, 4.69) is 6.07 Å². The zero-order valence-corrected chi connectivity index (χ0v) is 12.5. The molecule has 0 aliphatic rings. The molecule has 19 heavy (non-hydrogen) atoms. The zero-order chi connectivity index (χ0) is 14.3. The van der Waals surface area contributed by atoms with E-state index in [9.17, 15) is 0 Å². The normalized spacial score (nSPS) is 10.5. The molecule has 0 saturated heterocycles. The fourth-order valence-corrected chi connectivity index (χ4v) is 2.59. The summed E-state index contributed by atoms with van der Waals surface area (Å²) in [6.07, 6.45) is 0. The summed E-state index contributed by atoms with van der Waals surface area (Å²) in [5.74, 6) is 0.345. The van der Waals surface area contributed by atoms with Crippen LogP contribution in [-0.4, -0.2) is 4.57 Å². The molecule has 6 heteroatoms. The second kappa shape index (κ2) is 4.97. The molecule has 2 N–H and O–H groups in total. The third-order valence-electron chi connectivity index (χ3n) is 3.09. The number of nitrogen functional groups attached to an aromatic ring is 1. The average Bonchev–Trinajstić information content (AvgIpc) is 2.56. The molecule has 1 aromatic heterocycles. The first-order chi connectivity index (χ1) is 8.88. The lowest BCUT2D eigenvalue weighted by Crippen LogP contribution is -2.03. The van der Waals surface area contributed by atoms with Crippen molar-refractivity contribution in [1.29, 1.82) is 5.26 Å². The molecular weight excluding hydrogens is 305 g/mol. The summed E-state index contributed by atoms with van der Waals surface area (Å²) in [4.78, 5) is 0. The number of hydrogen-bond acceptors (Lipinski definition) is 2. The highest BCUT2D eigenvalue weighted by Gasteiger charge is 2.18. The average molecular weight is 315 g/mol. The molecule has 0 fully saturated rings. The van der Waals surface area contributed by atoms with Crippen molar-refractivity contribution in [2.45, 2.75) is 13.8 Å². The minimum atomic E-state index is 0.345. The van der Waals surface area contributed by atoms with E-state index < -0.39 is 0 Å². The minimum absolute atomic E-state index is 0.345. The number of halogens is 3. The summed E-state index contributed by atoms with van der Waals surface area (Å²) < 4.78 is 1.71. The van der Waals surface area contributed by atoms with Crippen molar-refractivity contribution >= 4 is 40.6 Å². The predicted molar refractivity (Wildman–Crippen MR) is 79.4 cm³/mol. The molecule has 0 unspecified atom stereocenters. The van der Waals surface area contributed by atoms with E-state index in [0.717, 1.165) is 11.3 Å². The number of benzene rings is 1. The Morgan fingerprint density at radius 1 is 1.11 bits per heavy atom. The lowest BCUT2D eigenvalue weighted by molar-refractivity contribution is 1.02. The summed E-state index contributed by atoms with van der Waals surface area (Å²) in [5, 5.41) is 10.3. The highest BCUT2D eigenvalue weighted by Crippen LogP contribution is 2.35. The van der Waals surface area contributed by atoms with Gasteiger partial charge in [-0.15, -0.1) is 0 Å². The molecule has 98 valence electrons. The van der Waals surface area contributed by atoms with Crippen LogP contribution in [0.15, 0.2) is 12.1 Å². The number of nitrogens with two attached hydrogens (primary N) is 1. The van der Waals surface area contributed by atoms with Gasteiger partial charge in [-0.1, -0.05) is 34.8 Å². The maximum atomic E-state index is 9.13. The smallest absolute Gasteiger partial charge is 0.126 e. The van der Waals surface area contributed by atoms with Crippen LogP contribution in [0.1, 0.15) is 16.8 Å². The fourth-order valence-electron chi connectivity index (χ4n) is 1.97. The van der Waals surface area contributed by atoms with E-state index in [1.54, 1.807) is 16.7 Å². The minimum Gasteiger partial charge on any atom is -0.384 e. The summed E-state index contributed by atoms with van der Waals surface area (Å²) in [6, 6.07) is 5.28. The van der Waals surface area contributed by atoms with E-state index in [-0.39, 0.29) is 0 Å². The molecule has 0 amide bonds. The second-order valence-electron chi connectivity index (χ2n) is 4.14. The van der Waals surface area contributed by atoms with Gasteiger partial charge in [0.1, 0.15) is 11.9 Å². The number of nitrogens with zero attached hydrogens (tertiary/aromatic N) is 2. The molecule has 0 atom stereocenters. The number of anilines is 1. The zero-order valence-electron chi connectivity index (χ0n) is 10.3. The number of rotatable bonds is 1. The maximum Gasteiger partial charge on any atom is 0.126 e. The van der Waals surface area contributed by atoms with Gasteiger partial charge >= 0.3 is 0 Å².